The highest BCUT2D eigenvalue weighted by Gasteiger charge is 2.16. The van der Waals surface area contributed by atoms with Gasteiger partial charge in [-0.3, -0.25) is 4.79 Å². The molecule has 1 fully saturated rings. The minimum Gasteiger partial charge on any atom is -0.356 e. The van der Waals surface area contributed by atoms with Gasteiger partial charge in [0.1, 0.15) is 12.1 Å². The monoisotopic (exact) mass is 346 g/mol. The molecule has 0 bridgehead atoms. The number of aryl methyl sites for hydroxylation is 1. The maximum atomic E-state index is 12.6. The smallest absolute Gasteiger partial charge is 0.255 e. The van der Waals surface area contributed by atoms with E-state index in [0.29, 0.717) is 5.56 Å². The average Bonchev–Trinajstić information content (AvgIpc) is 2.68. The SMILES string of the molecule is Cc1ccccc1C(=O)Nc1ccc2ncnc(N3CCCCC3)c2c1. The van der Waals surface area contributed by atoms with Gasteiger partial charge in [0.15, 0.2) is 0 Å². The zero-order valence-electron chi connectivity index (χ0n) is 14.9. The van der Waals surface area contributed by atoms with E-state index in [-0.39, 0.29) is 5.91 Å². The number of rotatable bonds is 3. The number of nitrogens with one attached hydrogen (secondary N) is 1. The molecule has 0 saturated carbocycles. The summed E-state index contributed by atoms with van der Waals surface area (Å²) in [5.74, 6) is 0.862. The van der Waals surface area contributed by atoms with Crippen molar-refractivity contribution in [1.29, 1.82) is 0 Å². The second-order valence-corrected chi connectivity index (χ2v) is 6.75. The largest absolute Gasteiger partial charge is 0.356 e. The molecular formula is C21H22N4O. The zero-order valence-corrected chi connectivity index (χ0v) is 14.9. The molecule has 1 N–H and O–H groups in total. The van der Waals surface area contributed by atoms with Gasteiger partial charge in [-0.05, 0) is 56.0 Å². The number of hydrogen-bond acceptors (Lipinski definition) is 4. The van der Waals surface area contributed by atoms with Gasteiger partial charge in [0, 0.05) is 29.7 Å². The second kappa shape index (κ2) is 7.12. The first-order chi connectivity index (χ1) is 12.7. The van der Waals surface area contributed by atoms with Crippen LogP contribution in [0, 0.1) is 6.92 Å². The van der Waals surface area contributed by atoms with E-state index in [4.69, 9.17) is 0 Å². The summed E-state index contributed by atoms with van der Waals surface area (Å²) in [6, 6.07) is 13.4. The van der Waals surface area contributed by atoms with E-state index in [9.17, 15) is 4.79 Å². The molecule has 5 heteroatoms. The molecule has 5 nitrogen and oxygen atoms in total. The Morgan fingerprint density at radius 1 is 1.04 bits per heavy atom. The molecule has 132 valence electrons. The van der Waals surface area contributed by atoms with Gasteiger partial charge >= 0.3 is 0 Å². The number of hydrogen-bond donors (Lipinski definition) is 1. The summed E-state index contributed by atoms with van der Waals surface area (Å²) in [5.41, 5.74) is 3.31. The standard InChI is InChI=1S/C21H22N4O/c1-15-7-3-4-8-17(15)21(26)24-16-9-10-19-18(13-16)20(23-14-22-19)25-11-5-2-6-12-25/h3-4,7-10,13-14H,2,5-6,11-12H2,1H3,(H,24,26). The summed E-state index contributed by atoms with van der Waals surface area (Å²) in [4.78, 5) is 23.8. The van der Waals surface area contributed by atoms with Crippen molar-refractivity contribution in [2.45, 2.75) is 26.2 Å². The fraction of sp³-hybridized carbons (Fsp3) is 0.286. The van der Waals surface area contributed by atoms with Gasteiger partial charge in [0.2, 0.25) is 0 Å². The highest BCUT2D eigenvalue weighted by atomic mass is 16.1. The van der Waals surface area contributed by atoms with Crippen LogP contribution in [-0.2, 0) is 0 Å². The van der Waals surface area contributed by atoms with Crippen LogP contribution in [0.5, 0.6) is 0 Å². The van der Waals surface area contributed by atoms with Gasteiger partial charge in [-0.1, -0.05) is 18.2 Å². The van der Waals surface area contributed by atoms with Crippen LogP contribution in [0.25, 0.3) is 10.9 Å². The number of benzene rings is 2. The zero-order chi connectivity index (χ0) is 17.9. The highest BCUT2D eigenvalue weighted by Crippen LogP contribution is 2.28. The topological polar surface area (TPSA) is 58.1 Å². The fourth-order valence-corrected chi connectivity index (χ4v) is 3.50. The van der Waals surface area contributed by atoms with Crippen LogP contribution in [0.1, 0.15) is 35.2 Å². The van der Waals surface area contributed by atoms with Crippen LogP contribution in [-0.4, -0.2) is 29.0 Å². The van der Waals surface area contributed by atoms with E-state index in [2.05, 4.69) is 20.2 Å². The van der Waals surface area contributed by atoms with Crippen molar-refractivity contribution in [3.05, 3.63) is 59.9 Å². The van der Waals surface area contributed by atoms with Crippen LogP contribution in [0.2, 0.25) is 0 Å². The number of carbonyl (C=O) groups is 1. The van der Waals surface area contributed by atoms with Gasteiger partial charge in [0.25, 0.3) is 5.91 Å². The summed E-state index contributed by atoms with van der Waals surface area (Å²) in [7, 11) is 0. The number of nitrogens with zero attached hydrogens (tertiary/aromatic N) is 3. The van der Waals surface area contributed by atoms with Gasteiger partial charge in [0.05, 0.1) is 5.52 Å². The van der Waals surface area contributed by atoms with Crippen LogP contribution in [0.3, 0.4) is 0 Å². The van der Waals surface area contributed by atoms with E-state index in [1.54, 1.807) is 6.33 Å². The molecule has 0 atom stereocenters. The van der Waals surface area contributed by atoms with E-state index >= 15 is 0 Å². The number of carbonyl (C=O) groups excluding carboxylic acids is 1. The summed E-state index contributed by atoms with van der Waals surface area (Å²) < 4.78 is 0. The van der Waals surface area contributed by atoms with Crippen molar-refractivity contribution < 1.29 is 4.79 Å². The Bertz CT molecular complexity index is 948. The minimum atomic E-state index is -0.0983. The van der Waals surface area contributed by atoms with Crippen LogP contribution in [0.4, 0.5) is 11.5 Å². The molecule has 2 aromatic carbocycles. The molecule has 0 aliphatic carbocycles. The lowest BCUT2D eigenvalue weighted by Crippen LogP contribution is -2.30. The number of amides is 1. The van der Waals surface area contributed by atoms with E-state index < -0.39 is 0 Å². The lowest BCUT2D eigenvalue weighted by atomic mass is 10.1. The van der Waals surface area contributed by atoms with Gasteiger partial charge < -0.3 is 10.2 Å². The number of anilines is 2. The number of piperidine rings is 1. The third-order valence-corrected chi connectivity index (χ3v) is 4.92. The molecule has 1 amide bonds. The van der Waals surface area contributed by atoms with E-state index in [0.717, 1.165) is 41.1 Å². The Labute approximate surface area is 153 Å². The Balaban J connectivity index is 1.66. The fourth-order valence-electron chi connectivity index (χ4n) is 3.50. The highest BCUT2D eigenvalue weighted by molar-refractivity contribution is 6.06. The molecule has 2 heterocycles. The Hall–Kier alpha value is -2.95. The molecule has 0 spiro atoms. The average molecular weight is 346 g/mol. The summed E-state index contributed by atoms with van der Waals surface area (Å²) in [5, 5.41) is 3.99. The van der Waals surface area contributed by atoms with E-state index in [1.807, 2.05) is 49.4 Å². The molecule has 1 saturated heterocycles. The molecule has 0 radical (unpaired) electrons. The quantitative estimate of drug-likeness (QED) is 0.773. The maximum absolute atomic E-state index is 12.6. The Kier molecular flexibility index (Phi) is 4.52. The molecular weight excluding hydrogens is 324 g/mol. The predicted molar refractivity (Wildman–Crippen MR) is 105 cm³/mol. The molecule has 0 unspecified atom stereocenters. The number of fused-ring (bicyclic) bond motifs is 1. The molecule has 1 aliphatic heterocycles. The minimum absolute atomic E-state index is 0.0983. The maximum Gasteiger partial charge on any atom is 0.255 e. The molecule has 1 aromatic heterocycles. The van der Waals surface area contributed by atoms with E-state index in [1.165, 1.54) is 19.3 Å². The summed E-state index contributed by atoms with van der Waals surface area (Å²) >= 11 is 0. The van der Waals surface area contributed by atoms with Gasteiger partial charge in [-0.15, -0.1) is 0 Å². The first-order valence-corrected chi connectivity index (χ1v) is 9.09. The van der Waals surface area contributed by atoms with Crippen LogP contribution >= 0.6 is 0 Å². The summed E-state index contributed by atoms with van der Waals surface area (Å²) in [6.07, 6.45) is 5.28. The number of aromatic nitrogens is 2. The van der Waals surface area contributed by atoms with Crippen molar-refractivity contribution in [3.8, 4) is 0 Å². The molecule has 1 aliphatic rings. The third kappa shape index (κ3) is 3.25. The molecule has 4 rings (SSSR count). The van der Waals surface area contributed by atoms with Crippen LogP contribution < -0.4 is 10.2 Å². The molecule has 26 heavy (non-hydrogen) atoms. The van der Waals surface area contributed by atoms with Crippen molar-refractivity contribution in [2.24, 2.45) is 0 Å². The molecule has 3 aromatic rings. The normalized spacial score (nSPS) is 14.4. The second-order valence-electron chi connectivity index (χ2n) is 6.75. The first-order valence-electron chi connectivity index (χ1n) is 9.09. The van der Waals surface area contributed by atoms with Crippen molar-refractivity contribution in [2.75, 3.05) is 23.3 Å². The van der Waals surface area contributed by atoms with Gasteiger partial charge in [-0.25, -0.2) is 9.97 Å². The predicted octanol–water partition coefficient (Wildman–Crippen LogP) is 4.18. The van der Waals surface area contributed by atoms with Crippen molar-refractivity contribution in [3.63, 3.8) is 0 Å². The third-order valence-electron chi connectivity index (χ3n) is 4.92. The van der Waals surface area contributed by atoms with Crippen LogP contribution in [0.15, 0.2) is 48.8 Å². The Morgan fingerprint density at radius 3 is 2.65 bits per heavy atom. The van der Waals surface area contributed by atoms with Crippen molar-refractivity contribution in [1.82, 2.24) is 9.97 Å². The van der Waals surface area contributed by atoms with Gasteiger partial charge in [-0.2, -0.15) is 0 Å². The van der Waals surface area contributed by atoms with Crippen molar-refractivity contribution >= 4 is 28.3 Å². The lowest BCUT2D eigenvalue weighted by Gasteiger charge is -2.28. The first kappa shape index (κ1) is 16.5. The lowest BCUT2D eigenvalue weighted by molar-refractivity contribution is 0.102. The Morgan fingerprint density at radius 2 is 1.85 bits per heavy atom. The summed E-state index contributed by atoms with van der Waals surface area (Å²) in [6.45, 7) is 3.98.